The molecule has 0 spiro atoms. The third-order valence-electron chi connectivity index (χ3n) is 2.49. The molecule has 5 nitrogen and oxygen atoms in total. The number of halogens is 2. The summed E-state index contributed by atoms with van der Waals surface area (Å²) in [6.07, 6.45) is 0. The van der Waals surface area contributed by atoms with Crippen LogP contribution in [0.4, 0.5) is 9.93 Å². The van der Waals surface area contributed by atoms with Gasteiger partial charge in [0.15, 0.2) is 5.13 Å². The van der Waals surface area contributed by atoms with E-state index in [1.54, 1.807) is 12.1 Å². The van der Waals surface area contributed by atoms with Gasteiger partial charge in [-0.1, -0.05) is 29.3 Å². The fourth-order valence-corrected chi connectivity index (χ4v) is 2.38. The van der Waals surface area contributed by atoms with Gasteiger partial charge in [0.25, 0.3) is 0 Å². The molecule has 0 atom stereocenters. The molecule has 1 aromatic heterocycles. The van der Waals surface area contributed by atoms with E-state index < -0.39 is 6.03 Å². The van der Waals surface area contributed by atoms with Gasteiger partial charge in [-0.2, -0.15) is 0 Å². The molecular weight excluding hydrogens is 321 g/mol. The van der Waals surface area contributed by atoms with Crippen LogP contribution in [-0.2, 0) is 4.84 Å². The van der Waals surface area contributed by atoms with Gasteiger partial charge >= 0.3 is 6.03 Å². The minimum Gasteiger partial charge on any atom is -0.282 e. The van der Waals surface area contributed by atoms with Crippen LogP contribution in [0.15, 0.2) is 23.6 Å². The van der Waals surface area contributed by atoms with E-state index in [-0.39, 0.29) is 0 Å². The van der Waals surface area contributed by atoms with Crippen molar-refractivity contribution in [3.05, 3.63) is 33.6 Å². The van der Waals surface area contributed by atoms with Gasteiger partial charge in [-0.15, -0.1) is 11.3 Å². The van der Waals surface area contributed by atoms with Crippen molar-refractivity contribution in [1.82, 2.24) is 10.0 Å². The van der Waals surface area contributed by atoms with Crippen LogP contribution >= 0.6 is 34.5 Å². The first-order valence-corrected chi connectivity index (χ1v) is 7.14. The lowest BCUT2D eigenvalue weighted by Gasteiger charge is -2.12. The molecule has 0 fully saturated rings. The second-order valence-electron chi connectivity index (χ2n) is 3.78. The summed E-state index contributed by atoms with van der Waals surface area (Å²) in [5.41, 5.74) is 1.54. The van der Waals surface area contributed by atoms with Crippen molar-refractivity contribution in [3.8, 4) is 11.3 Å². The maximum Gasteiger partial charge on any atom is 0.347 e. The number of anilines is 1. The largest absolute Gasteiger partial charge is 0.347 e. The smallest absolute Gasteiger partial charge is 0.282 e. The van der Waals surface area contributed by atoms with E-state index in [0.29, 0.717) is 20.9 Å². The van der Waals surface area contributed by atoms with Crippen molar-refractivity contribution in [2.24, 2.45) is 0 Å². The summed E-state index contributed by atoms with van der Waals surface area (Å²) >= 11 is 13.1. The first kappa shape index (κ1) is 15.1. The Balaban J connectivity index is 2.16. The normalized spacial score (nSPS) is 10.4. The maximum absolute atomic E-state index is 11.6. The molecule has 0 saturated heterocycles. The number of rotatable bonds is 3. The number of thiazole rings is 1. The van der Waals surface area contributed by atoms with Crippen LogP contribution in [0.25, 0.3) is 11.3 Å². The van der Waals surface area contributed by atoms with E-state index in [0.717, 1.165) is 10.6 Å². The van der Waals surface area contributed by atoms with Crippen LogP contribution in [0.2, 0.25) is 10.0 Å². The number of aromatic nitrogens is 1. The van der Waals surface area contributed by atoms with E-state index in [9.17, 15) is 4.79 Å². The Hall–Kier alpha value is -1.34. The summed E-state index contributed by atoms with van der Waals surface area (Å²) in [5, 5.41) is 6.93. The SMILES string of the molecule is CON(C)C(=O)Nc1nc(-c2ccc(Cl)c(Cl)c2)cs1. The Morgan fingerprint density at radius 2 is 2.15 bits per heavy atom. The molecule has 2 rings (SSSR count). The number of nitrogens with one attached hydrogen (secondary N) is 1. The van der Waals surface area contributed by atoms with Gasteiger partial charge in [-0.3, -0.25) is 10.2 Å². The zero-order valence-corrected chi connectivity index (χ0v) is 13.0. The number of hydroxylamine groups is 2. The third kappa shape index (κ3) is 3.40. The molecule has 0 saturated carbocycles. The van der Waals surface area contributed by atoms with Gasteiger partial charge in [0.2, 0.25) is 0 Å². The van der Waals surface area contributed by atoms with Crippen molar-refractivity contribution in [3.63, 3.8) is 0 Å². The van der Waals surface area contributed by atoms with Crippen LogP contribution in [0, 0.1) is 0 Å². The number of benzene rings is 1. The van der Waals surface area contributed by atoms with Gasteiger partial charge in [0.1, 0.15) is 0 Å². The molecule has 2 amide bonds. The summed E-state index contributed by atoms with van der Waals surface area (Å²) in [4.78, 5) is 20.7. The van der Waals surface area contributed by atoms with E-state index in [1.165, 1.54) is 25.5 Å². The van der Waals surface area contributed by atoms with Gasteiger partial charge < -0.3 is 0 Å². The van der Waals surface area contributed by atoms with Gasteiger partial charge in [0.05, 0.1) is 22.8 Å². The molecule has 0 bridgehead atoms. The summed E-state index contributed by atoms with van der Waals surface area (Å²) in [6.45, 7) is 0. The maximum atomic E-state index is 11.6. The van der Waals surface area contributed by atoms with E-state index in [2.05, 4.69) is 10.3 Å². The Morgan fingerprint density at radius 1 is 1.40 bits per heavy atom. The predicted molar refractivity (Wildman–Crippen MR) is 81.4 cm³/mol. The molecule has 0 aliphatic heterocycles. The van der Waals surface area contributed by atoms with Gasteiger partial charge in [-0.05, 0) is 12.1 Å². The minimum absolute atomic E-state index is 0.400. The molecule has 1 N–H and O–H groups in total. The average molecular weight is 332 g/mol. The molecule has 0 radical (unpaired) electrons. The molecule has 8 heteroatoms. The highest BCUT2D eigenvalue weighted by atomic mass is 35.5. The van der Waals surface area contributed by atoms with E-state index in [4.69, 9.17) is 28.0 Å². The van der Waals surface area contributed by atoms with Crippen LogP contribution < -0.4 is 5.32 Å². The number of hydrogen-bond donors (Lipinski definition) is 1. The zero-order valence-electron chi connectivity index (χ0n) is 10.7. The first-order valence-electron chi connectivity index (χ1n) is 5.51. The van der Waals surface area contributed by atoms with Crippen LogP contribution in [0.5, 0.6) is 0 Å². The first-order chi connectivity index (χ1) is 9.51. The number of urea groups is 1. The summed E-state index contributed by atoms with van der Waals surface area (Å²) < 4.78 is 0. The summed E-state index contributed by atoms with van der Waals surface area (Å²) in [6, 6.07) is 4.85. The molecule has 1 aromatic carbocycles. The van der Waals surface area contributed by atoms with Crippen LogP contribution in [0.1, 0.15) is 0 Å². The molecule has 20 heavy (non-hydrogen) atoms. The summed E-state index contributed by atoms with van der Waals surface area (Å²) in [7, 11) is 2.91. The van der Waals surface area contributed by atoms with Crippen molar-refractivity contribution < 1.29 is 9.63 Å². The molecule has 0 aliphatic rings. The topological polar surface area (TPSA) is 54.5 Å². The fourth-order valence-electron chi connectivity index (χ4n) is 1.37. The fraction of sp³-hybridized carbons (Fsp3) is 0.167. The summed E-state index contributed by atoms with van der Waals surface area (Å²) in [5.74, 6) is 0. The van der Waals surface area contributed by atoms with Crippen molar-refractivity contribution in [1.29, 1.82) is 0 Å². The number of carbonyl (C=O) groups excluding carboxylic acids is 1. The molecule has 0 unspecified atom stereocenters. The lowest BCUT2D eigenvalue weighted by molar-refractivity contribution is -0.0598. The standard InChI is InChI=1S/C12H11Cl2N3O2S/c1-17(19-2)12(18)16-11-15-10(6-20-11)7-3-4-8(13)9(14)5-7/h3-6H,1-2H3,(H,15,16,18). The quantitative estimate of drug-likeness (QED) is 0.860. The van der Waals surface area contributed by atoms with Crippen molar-refractivity contribution in [2.75, 3.05) is 19.5 Å². The van der Waals surface area contributed by atoms with Crippen molar-refractivity contribution in [2.45, 2.75) is 0 Å². The third-order valence-corrected chi connectivity index (χ3v) is 3.99. The molecule has 0 aliphatic carbocycles. The second kappa shape index (κ2) is 6.41. The number of carbonyl (C=O) groups is 1. The highest BCUT2D eigenvalue weighted by Gasteiger charge is 2.12. The van der Waals surface area contributed by atoms with Crippen LogP contribution in [-0.4, -0.2) is 30.2 Å². The number of hydrogen-bond acceptors (Lipinski definition) is 4. The Bertz CT molecular complexity index is 633. The Kier molecular flexibility index (Phi) is 4.82. The van der Waals surface area contributed by atoms with E-state index >= 15 is 0 Å². The highest BCUT2D eigenvalue weighted by Crippen LogP contribution is 2.30. The lowest BCUT2D eigenvalue weighted by Crippen LogP contribution is -2.30. The van der Waals surface area contributed by atoms with E-state index in [1.807, 2.05) is 11.4 Å². The average Bonchev–Trinajstić information content (AvgIpc) is 2.89. The molecule has 1 heterocycles. The molecular formula is C12H11Cl2N3O2S. The monoisotopic (exact) mass is 331 g/mol. The predicted octanol–water partition coefficient (Wildman–Crippen LogP) is 4.14. The van der Waals surface area contributed by atoms with Crippen molar-refractivity contribution >= 4 is 45.7 Å². The number of nitrogens with zero attached hydrogens (tertiary/aromatic N) is 2. The number of amides is 2. The minimum atomic E-state index is -0.400. The highest BCUT2D eigenvalue weighted by molar-refractivity contribution is 7.14. The van der Waals surface area contributed by atoms with Crippen LogP contribution in [0.3, 0.4) is 0 Å². The molecule has 106 valence electrons. The second-order valence-corrected chi connectivity index (χ2v) is 5.45. The molecule has 2 aromatic rings. The Labute approximate surface area is 130 Å². The Morgan fingerprint density at radius 3 is 2.80 bits per heavy atom. The van der Waals surface area contributed by atoms with Gasteiger partial charge in [-0.25, -0.2) is 14.8 Å². The van der Waals surface area contributed by atoms with Gasteiger partial charge in [0, 0.05) is 18.0 Å². The zero-order chi connectivity index (χ0) is 14.7. The lowest BCUT2D eigenvalue weighted by atomic mass is 10.2.